The number of aliphatic hydroxyl groups is 1. The van der Waals surface area contributed by atoms with Crippen molar-refractivity contribution in [1.29, 1.82) is 0 Å². The lowest BCUT2D eigenvalue weighted by atomic mass is 10.2. The Morgan fingerprint density at radius 1 is 0.841 bits per heavy atom. The molecule has 2 aromatic heterocycles. The predicted octanol–water partition coefficient (Wildman–Crippen LogP) is 1.98. The summed E-state index contributed by atoms with van der Waals surface area (Å²) in [5.41, 5.74) is -1.19. The van der Waals surface area contributed by atoms with Crippen LogP contribution in [0.4, 0.5) is 0 Å². The maximum Gasteiger partial charge on any atom is 0.363 e. The number of methoxy groups -OCH3 is 1. The normalized spacial score (nSPS) is 22.7. The third kappa shape index (κ3) is 6.88. The van der Waals surface area contributed by atoms with E-state index in [9.17, 15) is 28.8 Å². The largest absolute Gasteiger partial charge is 0.497 e. The summed E-state index contributed by atoms with van der Waals surface area (Å²) >= 11 is 0. The van der Waals surface area contributed by atoms with Crippen molar-refractivity contribution in [2.75, 3.05) is 20.3 Å². The van der Waals surface area contributed by atoms with E-state index in [0.717, 1.165) is 0 Å². The molecule has 0 bridgehead atoms. The van der Waals surface area contributed by atoms with Crippen molar-refractivity contribution in [2.24, 2.45) is 0 Å². The molecule has 16 heteroatoms. The van der Waals surface area contributed by atoms with E-state index in [4.69, 9.17) is 23.3 Å². The van der Waals surface area contributed by atoms with Crippen LogP contribution in [0, 0.1) is 13.8 Å². The van der Waals surface area contributed by atoms with Gasteiger partial charge in [-0.25, -0.2) is 9.59 Å². The molecule has 238 valence electrons. The number of H-pyrrole nitrogens is 2. The number of hydrogen-bond acceptors (Lipinski definition) is 11. The summed E-state index contributed by atoms with van der Waals surface area (Å²) in [5.74, 6) is -1.12. The Hall–Kier alpha value is -3.59. The zero-order chi connectivity index (χ0) is 31.6. The van der Waals surface area contributed by atoms with Gasteiger partial charge in [0, 0.05) is 23.5 Å². The Balaban J connectivity index is 1.28. The molecular weight excluding hydrogens is 599 g/mol. The molecule has 2 aliphatic rings. The highest BCUT2D eigenvalue weighted by Crippen LogP contribution is 2.60. The van der Waals surface area contributed by atoms with Crippen LogP contribution < -0.4 is 27.2 Å². The van der Waals surface area contributed by atoms with Gasteiger partial charge >= 0.3 is 19.0 Å². The van der Waals surface area contributed by atoms with Crippen LogP contribution in [0.5, 0.6) is 5.75 Å². The Labute approximate surface area is 250 Å². The lowest BCUT2D eigenvalue weighted by Gasteiger charge is -2.26. The summed E-state index contributed by atoms with van der Waals surface area (Å²) in [4.78, 5) is 52.6. The third-order valence-electron chi connectivity index (χ3n) is 7.68. The van der Waals surface area contributed by atoms with E-state index in [1.54, 1.807) is 38.1 Å². The minimum atomic E-state index is -4.27. The van der Waals surface area contributed by atoms with Crippen molar-refractivity contribution in [3.8, 4) is 5.75 Å². The highest BCUT2D eigenvalue weighted by Gasteiger charge is 2.40. The number of ether oxygens (including phenoxy) is 3. The zero-order valence-electron chi connectivity index (χ0n) is 24.5. The second kappa shape index (κ2) is 13.2. The summed E-state index contributed by atoms with van der Waals surface area (Å²) in [6.07, 6.45) is 2.14. The maximum absolute atomic E-state index is 14.1. The van der Waals surface area contributed by atoms with Crippen LogP contribution in [0.25, 0.3) is 0 Å². The number of aryl methyl sites for hydroxylation is 2. The van der Waals surface area contributed by atoms with Crippen LogP contribution in [-0.4, -0.2) is 56.7 Å². The highest BCUT2D eigenvalue weighted by atomic mass is 31.2. The van der Waals surface area contributed by atoms with Crippen molar-refractivity contribution >= 4 is 7.60 Å². The van der Waals surface area contributed by atoms with Gasteiger partial charge in [-0.05, 0) is 57.2 Å². The Morgan fingerprint density at radius 3 is 1.73 bits per heavy atom. The van der Waals surface area contributed by atoms with Gasteiger partial charge in [0.15, 0.2) is 5.85 Å². The second-order valence-corrected chi connectivity index (χ2v) is 12.9. The van der Waals surface area contributed by atoms with E-state index in [0.29, 0.717) is 42.6 Å². The van der Waals surface area contributed by atoms with Gasteiger partial charge < -0.3 is 28.4 Å². The molecular formula is C28H35N4O11P. The minimum absolute atomic E-state index is 0.210. The topological polar surface area (TPSA) is 193 Å². The molecule has 5 atom stereocenters. The molecule has 44 heavy (non-hydrogen) atoms. The molecule has 15 nitrogen and oxygen atoms in total. The molecule has 2 fully saturated rings. The molecule has 0 saturated carbocycles. The fourth-order valence-corrected chi connectivity index (χ4v) is 6.78. The molecule has 1 aromatic carbocycles. The van der Waals surface area contributed by atoms with Crippen molar-refractivity contribution in [3.05, 3.63) is 95.0 Å². The van der Waals surface area contributed by atoms with Crippen LogP contribution >= 0.6 is 7.60 Å². The predicted molar refractivity (Wildman–Crippen MR) is 156 cm³/mol. The van der Waals surface area contributed by atoms with Crippen molar-refractivity contribution in [3.63, 3.8) is 0 Å². The number of nitrogens with one attached hydrogen (secondary N) is 2. The molecule has 0 radical (unpaired) electrons. The number of aromatic amines is 2. The summed E-state index contributed by atoms with van der Waals surface area (Å²) in [6, 6.07) is 6.30. The first-order chi connectivity index (χ1) is 21.0. The SMILES string of the molecule is COc1ccc(C(O)P(=O)(OC[C@@H]2CC[C@H](n3cc(C)c(=O)[nH]c3=O)O2)OC[C@@H]2CC[C@H](n3cc(C)c(=O)[nH]c3=O)O2)cc1. The van der Waals surface area contributed by atoms with E-state index in [-0.39, 0.29) is 18.8 Å². The quantitative estimate of drug-likeness (QED) is 0.261. The van der Waals surface area contributed by atoms with Crippen LogP contribution in [0.15, 0.2) is 55.8 Å². The van der Waals surface area contributed by atoms with Crippen LogP contribution in [0.3, 0.4) is 0 Å². The van der Waals surface area contributed by atoms with Crippen molar-refractivity contribution < 1.29 is 32.9 Å². The molecule has 1 unspecified atom stereocenters. The first-order valence-electron chi connectivity index (χ1n) is 14.1. The van der Waals surface area contributed by atoms with Crippen LogP contribution in [0.1, 0.15) is 60.7 Å². The van der Waals surface area contributed by atoms with E-state index < -0.39 is 60.6 Å². The smallest absolute Gasteiger partial charge is 0.363 e. The average molecular weight is 635 g/mol. The molecule has 2 saturated heterocycles. The number of benzene rings is 1. The van der Waals surface area contributed by atoms with Gasteiger partial charge in [-0.3, -0.25) is 33.3 Å². The van der Waals surface area contributed by atoms with Crippen molar-refractivity contribution in [1.82, 2.24) is 19.1 Å². The second-order valence-electron chi connectivity index (χ2n) is 10.8. The lowest BCUT2D eigenvalue weighted by molar-refractivity contribution is -0.0351. The minimum Gasteiger partial charge on any atom is -0.497 e. The number of hydrogen-bond donors (Lipinski definition) is 3. The summed E-state index contributed by atoms with van der Waals surface area (Å²) < 4.78 is 45.4. The fraction of sp³-hybridized carbons (Fsp3) is 0.500. The zero-order valence-corrected chi connectivity index (χ0v) is 25.4. The summed E-state index contributed by atoms with van der Waals surface area (Å²) in [6.45, 7) is 2.74. The molecule has 4 heterocycles. The van der Waals surface area contributed by atoms with Crippen LogP contribution in [-0.2, 0) is 23.1 Å². The van der Waals surface area contributed by atoms with Gasteiger partial charge in [-0.1, -0.05) is 12.1 Å². The average Bonchev–Trinajstić information content (AvgIpc) is 3.68. The third-order valence-corrected chi connectivity index (χ3v) is 9.59. The number of nitrogens with zero attached hydrogens (tertiary/aromatic N) is 2. The van der Waals surface area contributed by atoms with E-state index in [2.05, 4.69) is 9.97 Å². The number of aliphatic hydroxyl groups excluding tert-OH is 1. The summed E-state index contributed by atoms with van der Waals surface area (Å²) in [5, 5.41) is 11.2. The lowest BCUT2D eigenvalue weighted by Crippen LogP contribution is -2.33. The Morgan fingerprint density at radius 2 is 1.30 bits per heavy atom. The van der Waals surface area contributed by atoms with Crippen LogP contribution in [0.2, 0.25) is 0 Å². The Kier molecular flexibility index (Phi) is 9.53. The fourth-order valence-electron chi connectivity index (χ4n) is 5.14. The van der Waals surface area contributed by atoms with Crippen molar-refractivity contribution in [2.45, 2.75) is 70.0 Å². The first-order valence-corrected chi connectivity index (χ1v) is 15.7. The molecule has 5 rings (SSSR count). The first kappa shape index (κ1) is 31.8. The van der Waals surface area contributed by atoms with Gasteiger partial charge in [-0.2, -0.15) is 0 Å². The summed E-state index contributed by atoms with van der Waals surface area (Å²) in [7, 11) is -2.77. The molecule has 0 spiro atoms. The van der Waals surface area contributed by atoms with Gasteiger partial charge in [-0.15, -0.1) is 0 Å². The number of aromatic nitrogens is 4. The molecule has 0 aliphatic carbocycles. The molecule has 0 amide bonds. The highest BCUT2D eigenvalue weighted by molar-refractivity contribution is 7.54. The van der Waals surface area contributed by atoms with E-state index in [1.165, 1.54) is 28.6 Å². The van der Waals surface area contributed by atoms with Gasteiger partial charge in [0.05, 0.1) is 32.5 Å². The number of rotatable bonds is 11. The molecule has 3 aromatic rings. The van der Waals surface area contributed by atoms with E-state index in [1.807, 2.05) is 0 Å². The molecule has 2 aliphatic heterocycles. The van der Waals surface area contributed by atoms with Gasteiger partial charge in [0.25, 0.3) is 11.1 Å². The van der Waals surface area contributed by atoms with E-state index >= 15 is 0 Å². The standard InChI is InChI=1S/C28H35N4O11P/c1-16-12-31(27(36)29-24(16)33)22-10-8-20(42-22)14-40-44(38,26(35)18-4-6-19(39-3)7-5-18)41-15-21-9-11-23(43-21)32-13-17(2)25(34)30-28(32)37/h4-7,12-13,20-23,26,35H,8-11,14-15H2,1-3H3,(H,29,33,36)(H,30,34,37)/t20-,21-,22+,23+,26?/m0/s1. The maximum atomic E-state index is 14.1. The van der Waals surface area contributed by atoms with Gasteiger partial charge in [0.1, 0.15) is 18.2 Å². The van der Waals surface area contributed by atoms with Gasteiger partial charge in [0.2, 0.25) is 0 Å². The molecule has 3 N–H and O–H groups in total. The monoisotopic (exact) mass is 634 g/mol. The Bertz CT molecular complexity index is 1660.